The smallest absolute Gasteiger partial charge is 0.310 e. The van der Waals surface area contributed by atoms with E-state index in [2.05, 4.69) is 0 Å². The van der Waals surface area contributed by atoms with Crippen molar-refractivity contribution in [2.45, 2.75) is 13.8 Å². The zero-order valence-corrected chi connectivity index (χ0v) is 11.3. The van der Waals surface area contributed by atoms with Gasteiger partial charge < -0.3 is 10.0 Å². The number of carboxylic acids is 1. The van der Waals surface area contributed by atoms with Gasteiger partial charge in [0.15, 0.2) is 0 Å². The van der Waals surface area contributed by atoms with E-state index in [9.17, 15) is 18.0 Å². The maximum absolute atomic E-state index is 12.1. The highest BCUT2D eigenvalue weighted by Crippen LogP contribution is 2.21. The van der Waals surface area contributed by atoms with Gasteiger partial charge in [-0.2, -0.15) is 4.31 Å². The molecule has 0 spiro atoms. The Bertz CT molecular complexity index is 424. The first-order valence-electron chi connectivity index (χ1n) is 5.59. The van der Waals surface area contributed by atoms with E-state index in [1.165, 1.54) is 23.1 Å². The van der Waals surface area contributed by atoms with Crippen molar-refractivity contribution >= 4 is 22.4 Å². The van der Waals surface area contributed by atoms with Gasteiger partial charge in [0.05, 0.1) is 11.2 Å². The number of rotatable bonds is 5. The Balaban J connectivity index is 2.71. The molecule has 0 aliphatic carbocycles. The number of carbonyl (C=O) groups is 2. The minimum atomic E-state index is -3.61. The average molecular weight is 278 g/mol. The van der Waals surface area contributed by atoms with Gasteiger partial charge in [0.2, 0.25) is 16.4 Å². The number of aliphatic carboxylic acids is 1. The van der Waals surface area contributed by atoms with E-state index >= 15 is 0 Å². The molecule has 1 fully saturated rings. The van der Waals surface area contributed by atoms with Crippen LogP contribution in [-0.2, 0) is 19.6 Å². The number of piperazine rings is 1. The summed E-state index contributed by atoms with van der Waals surface area (Å²) in [6.07, 6.45) is 0.686. The monoisotopic (exact) mass is 278 g/mol. The summed E-state index contributed by atoms with van der Waals surface area (Å²) in [4.78, 5) is 23.0. The van der Waals surface area contributed by atoms with Crippen LogP contribution in [0.25, 0.3) is 0 Å². The maximum Gasteiger partial charge on any atom is 0.310 e. The second kappa shape index (κ2) is 5.23. The molecule has 0 aromatic carbocycles. The molecule has 0 atom stereocenters. The van der Waals surface area contributed by atoms with Crippen LogP contribution in [-0.4, -0.2) is 67.0 Å². The molecule has 1 aliphatic rings. The van der Waals surface area contributed by atoms with Crippen molar-refractivity contribution in [2.75, 3.05) is 31.9 Å². The SMILES string of the molecule is CC(C)(CS(=O)(=O)N1CCN(C=O)CC1)C(=O)O. The zero-order valence-electron chi connectivity index (χ0n) is 10.5. The molecule has 0 aromatic rings. The van der Waals surface area contributed by atoms with Gasteiger partial charge in [0.1, 0.15) is 0 Å². The van der Waals surface area contributed by atoms with Crippen LogP contribution in [0.1, 0.15) is 13.8 Å². The standard InChI is InChI=1S/C10H18N2O5S/c1-10(2,9(14)15)7-18(16,17)12-5-3-11(8-13)4-6-12/h8H,3-7H2,1-2H3,(H,14,15). The van der Waals surface area contributed by atoms with E-state index in [0.29, 0.717) is 19.5 Å². The normalized spacial score (nSPS) is 18.7. The highest BCUT2D eigenvalue weighted by molar-refractivity contribution is 7.89. The number of hydrogen-bond acceptors (Lipinski definition) is 4. The molecule has 0 saturated carbocycles. The van der Waals surface area contributed by atoms with E-state index in [-0.39, 0.29) is 13.1 Å². The molecule has 18 heavy (non-hydrogen) atoms. The summed E-state index contributed by atoms with van der Waals surface area (Å²) in [5.74, 6) is -1.58. The van der Waals surface area contributed by atoms with Crippen LogP contribution in [0.3, 0.4) is 0 Å². The number of hydrogen-bond donors (Lipinski definition) is 1. The Labute approximate surface area is 106 Å². The molecule has 1 N–H and O–H groups in total. The van der Waals surface area contributed by atoms with Crippen molar-refractivity contribution in [1.82, 2.24) is 9.21 Å². The number of carboxylic acid groups (broad SMARTS) is 1. The van der Waals surface area contributed by atoms with Gasteiger partial charge in [-0.25, -0.2) is 8.42 Å². The highest BCUT2D eigenvalue weighted by Gasteiger charge is 2.37. The molecule has 1 rings (SSSR count). The van der Waals surface area contributed by atoms with Crippen LogP contribution in [0.5, 0.6) is 0 Å². The highest BCUT2D eigenvalue weighted by atomic mass is 32.2. The molecule has 8 heteroatoms. The van der Waals surface area contributed by atoms with Gasteiger partial charge in [0.25, 0.3) is 0 Å². The van der Waals surface area contributed by atoms with Crippen LogP contribution in [0.4, 0.5) is 0 Å². The Morgan fingerprint density at radius 3 is 2.17 bits per heavy atom. The molecule has 104 valence electrons. The van der Waals surface area contributed by atoms with Crippen LogP contribution in [0.15, 0.2) is 0 Å². The minimum absolute atomic E-state index is 0.219. The summed E-state index contributed by atoms with van der Waals surface area (Å²) in [5.41, 5.74) is -1.32. The van der Waals surface area contributed by atoms with Crippen molar-refractivity contribution < 1.29 is 23.1 Å². The van der Waals surface area contributed by atoms with E-state index < -0.39 is 27.2 Å². The quantitative estimate of drug-likeness (QED) is 0.664. The van der Waals surface area contributed by atoms with Crippen LogP contribution in [0, 0.1) is 5.41 Å². The molecule has 1 aliphatic heterocycles. The van der Waals surface area contributed by atoms with Crippen molar-refractivity contribution in [1.29, 1.82) is 0 Å². The average Bonchev–Trinajstić information content (AvgIpc) is 2.27. The van der Waals surface area contributed by atoms with Crippen LogP contribution in [0.2, 0.25) is 0 Å². The van der Waals surface area contributed by atoms with Crippen LogP contribution < -0.4 is 0 Å². The summed E-state index contributed by atoms with van der Waals surface area (Å²) < 4.78 is 25.4. The third-order valence-corrected chi connectivity index (χ3v) is 5.18. The first-order chi connectivity index (χ1) is 8.19. The Kier molecular flexibility index (Phi) is 4.33. The largest absolute Gasteiger partial charge is 0.481 e. The van der Waals surface area contributed by atoms with Crippen molar-refractivity contribution in [3.05, 3.63) is 0 Å². The number of nitrogens with zero attached hydrogens (tertiary/aromatic N) is 2. The number of sulfonamides is 1. The molecule has 1 heterocycles. The molecule has 0 aromatic heterocycles. The number of amides is 1. The van der Waals surface area contributed by atoms with Gasteiger partial charge in [-0.3, -0.25) is 9.59 Å². The van der Waals surface area contributed by atoms with E-state index in [0.717, 1.165) is 0 Å². The van der Waals surface area contributed by atoms with Gasteiger partial charge in [-0.05, 0) is 13.8 Å². The third kappa shape index (κ3) is 3.42. The Hall–Kier alpha value is -1.15. The molecule has 0 radical (unpaired) electrons. The van der Waals surface area contributed by atoms with Gasteiger partial charge in [-0.15, -0.1) is 0 Å². The predicted octanol–water partition coefficient (Wildman–Crippen LogP) is -0.799. The van der Waals surface area contributed by atoms with E-state index in [4.69, 9.17) is 5.11 Å². The topological polar surface area (TPSA) is 95.0 Å². The summed E-state index contributed by atoms with van der Waals surface area (Å²) in [6.45, 7) is 3.89. The first kappa shape index (κ1) is 14.9. The van der Waals surface area contributed by atoms with Crippen molar-refractivity contribution in [3.63, 3.8) is 0 Å². The lowest BCUT2D eigenvalue weighted by Crippen LogP contribution is -2.50. The Morgan fingerprint density at radius 2 is 1.78 bits per heavy atom. The lowest BCUT2D eigenvalue weighted by molar-refractivity contribution is -0.145. The van der Waals surface area contributed by atoms with E-state index in [1.54, 1.807) is 0 Å². The van der Waals surface area contributed by atoms with Gasteiger partial charge in [-0.1, -0.05) is 0 Å². The predicted molar refractivity (Wildman–Crippen MR) is 64.4 cm³/mol. The lowest BCUT2D eigenvalue weighted by atomic mass is 9.97. The molecule has 1 amide bonds. The third-order valence-electron chi connectivity index (χ3n) is 2.94. The fourth-order valence-electron chi connectivity index (χ4n) is 1.70. The van der Waals surface area contributed by atoms with Crippen LogP contribution >= 0.6 is 0 Å². The first-order valence-corrected chi connectivity index (χ1v) is 7.20. The minimum Gasteiger partial charge on any atom is -0.481 e. The molecule has 0 bridgehead atoms. The Morgan fingerprint density at radius 1 is 1.28 bits per heavy atom. The second-order valence-corrected chi connectivity index (χ2v) is 6.95. The number of carbonyl (C=O) groups excluding carboxylic acids is 1. The fourth-order valence-corrected chi connectivity index (χ4v) is 3.63. The van der Waals surface area contributed by atoms with E-state index in [1.807, 2.05) is 0 Å². The summed E-state index contributed by atoms with van der Waals surface area (Å²) >= 11 is 0. The van der Waals surface area contributed by atoms with Crippen molar-refractivity contribution in [3.8, 4) is 0 Å². The van der Waals surface area contributed by atoms with Gasteiger partial charge >= 0.3 is 5.97 Å². The lowest BCUT2D eigenvalue weighted by Gasteiger charge is -2.33. The molecular formula is C10H18N2O5S. The summed E-state index contributed by atoms with van der Waals surface area (Å²) in [6, 6.07) is 0. The molecular weight excluding hydrogens is 260 g/mol. The fraction of sp³-hybridized carbons (Fsp3) is 0.800. The van der Waals surface area contributed by atoms with Gasteiger partial charge in [0, 0.05) is 26.2 Å². The second-order valence-electron chi connectivity index (χ2n) is 4.99. The zero-order chi connectivity index (χ0) is 14.0. The summed E-state index contributed by atoms with van der Waals surface area (Å²) in [7, 11) is -3.61. The maximum atomic E-state index is 12.1. The molecule has 1 saturated heterocycles. The molecule has 0 unspecified atom stereocenters. The molecule has 7 nitrogen and oxygen atoms in total. The van der Waals surface area contributed by atoms with Crippen molar-refractivity contribution in [2.24, 2.45) is 5.41 Å². The summed E-state index contributed by atoms with van der Waals surface area (Å²) in [5, 5.41) is 8.95.